The first-order valence-electron chi connectivity index (χ1n) is 6.08. The Morgan fingerprint density at radius 2 is 2.10 bits per heavy atom. The molecule has 20 heavy (non-hydrogen) atoms. The molecule has 1 aliphatic rings. The molecule has 1 aliphatic heterocycles. The molecular weight excluding hydrogens is 264 g/mol. The number of benzene rings is 1. The third-order valence-electron chi connectivity index (χ3n) is 3.20. The molecule has 1 heterocycles. The Bertz CT molecular complexity index is 582. The van der Waals surface area contributed by atoms with Crippen molar-refractivity contribution in [1.82, 2.24) is 0 Å². The SMILES string of the molecule is CC(C)(O)C1Cc2c(O)c(O)cc(/C=C/C(=O)O)c2O1. The second-order valence-corrected chi connectivity index (χ2v) is 5.28. The van der Waals surface area contributed by atoms with Gasteiger partial charge < -0.3 is 25.2 Å². The van der Waals surface area contributed by atoms with Gasteiger partial charge in [0.25, 0.3) is 0 Å². The van der Waals surface area contributed by atoms with Crippen LogP contribution in [0.25, 0.3) is 6.08 Å². The molecule has 108 valence electrons. The molecular formula is C14H16O6. The number of carboxylic acid groups (broad SMARTS) is 1. The largest absolute Gasteiger partial charge is 0.504 e. The summed E-state index contributed by atoms with van der Waals surface area (Å²) in [7, 11) is 0. The van der Waals surface area contributed by atoms with Crippen LogP contribution in [0.4, 0.5) is 0 Å². The number of hydrogen-bond acceptors (Lipinski definition) is 5. The van der Waals surface area contributed by atoms with Gasteiger partial charge in [-0.1, -0.05) is 0 Å². The van der Waals surface area contributed by atoms with Crippen LogP contribution in [0.5, 0.6) is 17.2 Å². The van der Waals surface area contributed by atoms with Gasteiger partial charge >= 0.3 is 5.97 Å². The number of ether oxygens (including phenoxy) is 1. The molecule has 1 aromatic carbocycles. The zero-order valence-corrected chi connectivity index (χ0v) is 11.1. The van der Waals surface area contributed by atoms with E-state index >= 15 is 0 Å². The normalized spacial score (nSPS) is 18.1. The maximum atomic E-state index is 10.6. The summed E-state index contributed by atoms with van der Waals surface area (Å²) in [5.41, 5.74) is -0.430. The van der Waals surface area contributed by atoms with E-state index in [0.29, 0.717) is 11.1 Å². The van der Waals surface area contributed by atoms with Crippen molar-refractivity contribution < 1.29 is 30.0 Å². The van der Waals surface area contributed by atoms with Crippen LogP contribution < -0.4 is 4.74 Å². The molecule has 0 fully saturated rings. The molecule has 0 saturated carbocycles. The smallest absolute Gasteiger partial charge is 0.328 e. The van der Waals surface area contributed by atoms with Crippen LogP contribution in [-0.4, -0.2) is 38.1 Å². The standard InChI is InChI=1S/C14H16O6/c1-14(2,19)10-6-8-12(18)9(15)5-7(13(8)20-10)3-4-11(16)17/h3-5,10,15,18-19H,6H2,1-2H3,(H,16,17)/b4-3+. The minimum atomic E-state index is -1.14. The summed E-state index contributed by atoms with van der Waals surface area (Å²) in [5.74, 6) is -1.51. The highest BCUT2D eigenvalue weighted by molar-refractivity contribution is 5.86. The van der Waals surface area contributed by atoms with E-state index < -0.39 is 17.7 Å². The third kappa shape index (κ3) is 2.55. The predicted octanol–water partition coefficient (Wildman–Crippen LogP) is 1.27. The van der Waals surface area contributed by atoms with E-state index in [1.54, 1.807) is 13.8 Å². The first kappa shape index (κ1) is 14.2. The second kappa shape index (κ2) is 4.72. The average Bonchev–Trinajstić information content (AvgIpc) is 2.77. The van der Waals surface area contributed by atoms with E-state index in [9.17, 15) is 20.1 Å². The molecule has 6 heteroatoms. The van der Waals surface area contributed by atoms with Gasteiger partial charge in [-0.05, 0) is 26.0 Å². The van der Waals surface area contributed by atoms with Crippen molar-refractivity contribution >= 4 is 12.0 Å². The maximum Gasteiger partial charge on any atom is 0.328 e. The number of rotatable bonds is 3. The van der Waals surface area contributed by atoms with Gasteiger partial charge in [0.15, 0.2) is 11.5 Å². The number of aromatic hydroxyl groups is 2. The van der Waals surface area contributed by atoms with Crippen LogP contribution in [0, 0.1) is 0 Å². The summed E-state index contributed by atoms with van der Waals surface area (Å²) in [4.78, 5) is 10.6. The Hall–Kier alpha value is -2.21. The highest BCUT2D eigenvalue weighted by atomic mass is 16.5. The Labute approximate surface area is 115 Å². The fourth-order valence-electron chi connectivity index (χ4n) is 2.09. The van der Waals surface area contributed by atoms with E-state index in [1.807, 2.05) is 0 Å². The topological polar surface area (TPSA) is 107 Å². The number of phenolic OH excluding ortho intramolecular Hbond substituents is 2. The van der Waals surface area contributed by atoms with Crippen molar-refractivity contribution in [2.75, 3.05) is 0 Å². The second-order valence-electron chi connectivity index (χ2n) is 5.28. The van der Waals surface area contributed by atoms with Crippen molar-refractivity contribution in [3.8, 4) is 17.2 Å². The Balaban J connectivity index is 2.48. The van der Waals surface area contributed by atoms with Crippen molar-refractivity contribution in [3.63, 3.8) is 0 Å². The van der Waals surface area contributed by atoms with Crippen LogP contribution >= 0.6 is 0 Å². The van der Waals surface area contributed by atoms with Crippen LogP contribution in [-0.2, 0) is 11.2 Å². The molecule has 1 atom stereocenters. The van der Waals surface area contributed by atoms with E-state index in [4.69, 9.17) is 9.84 Å². The molecule has 0 saturated heterocycles. The van der Waals surface area contributed by atoms with E-state index in [2.05, 4.69) is 0 Å². The number of hydrogen-bond donors (Lipinski definition) is 4. The fraction of sp³-hybridized carbons (Fsp3) is 0.357. The lowest BCUT2D eigenvalue weighted by atomic mass is 9.96. The molecule has 0 bridgehead atoms. The lowest BCUT2D eigenvalue weighted by Crippen LogP contribution is -2.39. The Kier molecular flexibility index (Phi) is 3.35. The van der Waals surface area contributed by atoms with Crippen molar-refractivity contribution in [2.24, 2.45) is 0 Å². The minimum Gasteiger partial charge on any atom is -0.504 e. The number of carboxylic acids is 1. The number of carbonyl (C=O) groups is 1. The molecule has 0 radical (unpaired) electrons. The fourth-order valence-corrected chi connectivity index (χ4v) is 2.09. The van der Waals surface area contributed by atoms with Gasteiger partial charge in [-0.15, -0.1) is 0 Å². The Morgan fingerprint density at radius 3 is 2.65 bits per heavy atom. The molecule has 6 nitrogen and oxygen atoms in total. The van der Waals surface area contributed by atoms with Gasteiger partial charge in [-0.25, -0.2) is 4.79 Å². The van der Waals surface area contributed by atoms with Crippen molar-refractivity contribution in [1.29, 1.82) is 0 Å². The lowest BCUT2D eigenvalue weighted by molar-refractivity contribution is -0.131. The van der Waals surface area contributed by atoms with Gasteiger partial charge in [-0.2, -0.15) is 0 Å². The quantitative estimate of drug-likeness (QED) is 0.490. The highest BCUT2D eigenvalue weighted by Gasteiger charge is 2.38. The monoisotopic (exact) mass is 280 g/mol. The average molecular weight is 280 g/mol. The summed E-state index contributed by atoms with van der Waals surface area (Å²) >= 11 is 0. The van der Waals surface area contributed by atoms with Gasteiger partial charge in [-0.3, -0.25) is 0 Å². The maximum absolute atomic E-state index is 10.6. The zero-order valence-electron chi connectivity index (χ0n) is 11.1. The third-order valence-corrected chi connectivity index (χ3v) is 3.20. The molecule has 2 rings (SSSR count). The number of aliphatic carboxylic acids is 1. The molecule has 1 aromatic rings. The summed E-state index contributed by atoms with van der Waals surface area (Å²) in [6.45, 7) is 3.15. The predicted molar refractivity (Wildman–Crippen MR) is 70.9 cm³/mol. The van der Waals surface area contributed by atoms with Gasteiger partial charge in [0.2, 0.25) is 0 Å². The van der Waals surface area contributed by atoms with Crippen molar-refractivity contribution in [3.05, 3.63) is 23.3 Å². The zero-order chi connectivity index (χ0) is 15.1. The summed E-state index contributed by atoms with van der Waals surface area (Å²) in [6.07, 6.45) is 1.83. The molecule has 0 spiro atoms. The van der Waals surface area contributed by atoms with E-state index in [0.717, 1.165) is 6.08 Å². The Morgan fingerprint density at radius 1 is 1.45 bits per heavy atom. The van der Waals surface area contributed by atoms with Crippen LogP contribution in [0.1, 0.15) is 25.0 Å². The van der Waals surface area contributed by atoms with Gasteiger partial charge in [0.1, 0.15) is 11.9 Å². The summed E-state index contributed by atoms with van der Waals surface area (Å²) < 4.78 is 5.61. The summed E-state index contributed by atoms with van der Waals surface area (Å²) in [5, 5.41) is 38.1. The first-order valence-corrected chi connectivity index (χ1v) is 6.08. The van der Waals surface area contributed by atoms with E-state index in [-0.39, 0.29) is 23.7 Å². The van der Waals surface area contributed by atoms with Crippen LogP contribution in [0.2, 0.25) is 0 Å². The molecule has 0 amide bonds. The van der Waals surface area contributed by atoms with Crippen molar-refractivity contribution in [2.45, 2.75) is 32.0 Å². The molecule has 0 aliphatic carbocycles. The summed E-state index contributed by atoms with van der Waals surface area (Å²) in [6, 6.07) is 1.22. The number of fused-ring (bicyclic) bond motifs is 1. The minimum absolute atomic E-state index is 0.229. The lowest BCUT2D eigenvalue weighted by Gasteiger charge is -2.24. The first-order chi connectivity index (χ1) is 9.20. The van der Waals surface area contributed by atoms with Crippen LogP contribution in [0.15, 0.2) is 12.1 Å². The molecule has 1 unspecified atom stereocenters. The van der Waals surface area contributed by atoms with E-state index in [1.165, 1.54) is 12.1 Å². The van der Waals surface area contributed by atoms with Crippen LogP contribution in [0.3, 0.4) is 0 Å². The molecule has 0 aromatic heterocycles. The highest BCUT2D eigenvalue weighted by Crippen LogP contribution is 2.45. The molecule has 4 N–H and O–H groups in total. The van der Waals surface area contributed by atoms with Gasteiger partial charge in [0, 0.05) is 23.6 Å². The van der Waals surface area contributed by atoms with Gasteiger partial charge in [0.05, 0.1) is 5.60 Å². The number of aliphatic hydroxyl groups is 1. The number of phenols is 2.